The first kappa shape index (κ1) is 9.36. The molecule has 1 rings (SSSR count). The zero-order valence-corrected chi connectivity index (χ0v) is 8.15. The standard InChI is InChI=1S/C8H17O2S/c1-3-6-9-7-5-8-10-11(8)4-2/h8H,3-7H2,1-2H3/q+1. The zero-order valence-electron chi connectivity index (χ0n) is 7.34. The van der Waals surface area contributed by atoms with Gasteiger partial charge in [0.05, 0.1) is 13.0 Å². The lowest BCUT2D eigenvalue weighted by Gasteiger charge is -1.95. The molecule has 0 aromatic carbocycles. The average Bonchev–Trinajstić information content (AvgIpc) is 2.77. The lowest BCUT2D eigenvalue weighted by molar-refractivity contribution is 0.126. The molecule has 0 radical (unpaired) electrons. The van der Waals surface area contributed by atoms with Gasteiger partial charge >= 0.3 is 5.44 Å². The molecule has 2 unspecified atom stereocenters. The second-order valence-electron chi connectivity index (χ2n) is 2.60. The van der Waals surface area contributed by atoms with Gasteiger partial charge in [0.2, 0.25) is 0 Å². The Morgan fingerprint density at radius 3 is 2.73 bits per heavy atom. The number of rotatable bonds is 6. The van der Waals surface area contributed by atoms with Crippen LogP contribution in [0, 0.1) is 0 Å². The lowest BCUT2D eigenvalue weighted by atomic mass is 10.5. The van der Waals surface area contributed by atoms with E-state index in [1.165, 1.54) is 5.75 Å². The molecule has 0 aromatic heterocycles. The first-order valence-corrected chi connectivity index (χ1v) is 5.71. The van der Waals surface area contributed by atoms with E-state index in [0.29, 0.717) is 16.6 Å². The first-order valence-electron chi connectivity index (χ1n) is 4.33. The van der Waals surface area contributed by atoms with Crippen LogP contribution in [0.15, 0.2) is 0 Å². The molecule has 1 aliphatic rings. The van der Waals surface area contributed by atoms with Gasteiger partial charge in [-0.25, -0.2) is 0 Å². The SMILES string of the molecule is CCCOCCC1O[S+]1CC. The van der Waals surface area contributed by atoms with Gasteiger partial charge in [-0.1, -0.05) is 6.92 Å². The third-order valence-electron chi connectivity index (χ3n) is 1.62. The van der Waals surface area contributed by atoms with Crippen LogP contribution in [0.2, 0.25) is 0 Å². The van der Waals surface area contributed by atoms with E-state index < -0.39 is 0 Å². The summed E-state index contributed by atoms with van der Waals surface area (Å²) in [5.74, 6) is 1.18. The Balaban J connectivity index is 1.82. The maximum Gasteiger partial charge on any atom is 0.301 e. The summed E-state index contributed by atoms with van der Waals surface area (Å²) >= 11 is 0.304. The van der Waals surface area contributed by atoms with Crippen LogP contribution >= 0.6 is 0 Å². The molecule has 1 saturated heterocycles. The summed E-state index contributed by atoms with van der Waals surface area (Å²) in [5, 5.41) is 0. The molecule has 0 aromatic rings. The quantitative estimate of drug-likeness (QED) is 0.350. The molecule has 0 aliphatic carbocycles. The lowest BCUT2D eigenvalue weighted by Crippen LogP contribution is -2.00. The highest BCUT2D eigenvalue weighted by Gasteiger charge is 2.52. The van der Waals surface area contributed by atoms with Crippen LogP contribution in [0.25, 0.3) is 0 Å². The Morgan fingerprint density at radius 2 is 2.18 bits per heavy atom. The van der Waals surface area contributed by atoms with Gasteiger partial charge in [0.1, 0.15) is 5.75 Å². The zero-order chi connectivity index (χ0) is 8.10. The Hall–Kier alpha value is 0.270. The minimum absolute atomic E-state index is 0.304. The van der Waals surface area contributed by atoms with Gasteiger partial charge in [-0.3, -0.25) is 0 Å². The Labute approximate surface area is 71.8 Å². The Morgan fingerprint density at radius 1 is 1.36 bits per heavy atom. The summed E-state index contributed by atoms with van der Waals surface area (Å²) in [7, 11) is 0. The van der Waals surface area contributed by atoms with Crippen molar-refractivity contribution in [2.24, 2.45) is 0 Å². The van der Waals surface area contributed by atoms with Crippen molar-refractivity contribution in [3.05, 3.63) is 0 Å². The molecule has 3 heteroatoms. The summed E-state index contributed by atoms with van der Waals surface area (Å²) in [5.41, 5.74) is 0.539. The fraction of sp³-hybridized carbons (Fsp3) is 1.00. The molecule has 1 fully saturated rings. The second kappa shape index (κ2) is 5.01. The minimum Gasteiger partial charge on any atom is -0.381 e. The minimum atomic E-state index is 0.304. The Kier molecular flexibility index (Phi) is 4.26. The topological polar surface area (TPSA) is 21.8 Å². The van der Waals surface area contributed by atoms with Gasteiger partial charge in [-0.15, -0.1) is 4.18 Å². The molecular weight excluding hydrogens is 160 g/mol. The summed E-state index contributed by atoms with van der Waals surface area (Å²) in [6.07, 6.45) is 2.21. The molecule has 0 saturated carbocycles. The highest BCUT2D eigenvalue weighted by molar-refractivity contribution is 7.98. The molecule has 0 amide bonds. The molecule has 0 bridgehead atoms. The number of hydrogen-bond donors (Lipinski definition) is 0. The van der Waals surface area contributed by atoms with Crippen molar-refractivity contribution >= 4 is 11.2 Å². The van der Waals surface area contributed by atoms with E-state index in [2.05, 4.69) is 13.8 Å². The van der Waals surface area contributed by atoms with Crippen LogP contribution in [0.1, 0.15) is 26.7 Å². The van der Waals surface area contributed by atoms with Crippen molar-refractivity contribution in [2.45, 2.75) is 32.1 Å². The van der Waals surface area contributed by atoms with Crippen LogP contribution in [-0.2, 0) is 20.1 Å². The van der Waals surface area contributed by atoms with Crippen molar-refractivity contribution < 1.29 is 8.92 Å². The van der Waals surface area contributed by atoms with Gasteiger partial charge in [0.15, 0.2) is 11.2 Å². The third kappa shape index (κ3) is 3.45. The fourth-order valence-electron chi connectivity index (χ4n) is 0.975. The summed E-state index contributed by atoms with van der Waals surface area (Å²) in [6.45, 7) is 6.08. The van der Waals surface area contributed by atoms with Gasteiger partial charge in [0, 0.05) is 6.61 Å². The molecule has 2 atom stereocenters. The Bertz CT molecular complexity index is 108. The van der Waals surface area contributed by atoms with E-state index in [9.17, 15) is 0 Å². The second-order valence-corrected chi connectivity index (χ2v) is 4.65. The summed E-state index contributed by atoms with van der Waals surface area (Å²) in [6, 6.07) is 0. The van der Waals surface area contributed by atoms with Crippen LogP contribution in [0.3, 0.4) is 0 Å². The van der Waals surface area contributed by atoms with E-state index in [1.54, 1.807) is 0 Å². The first-order chi connectivity index (χ1) is 5.38. The van der Waals surface area contributed by atoms with Crippen LogP contribution in [-0.4, -0.2) is 24.4 Å². The van der Waals surface area contributed by atoms with Gasteiger partial charge in [-0.05, 0) is 13.3 Å². The molecular formula is C8H17O2S+. The van der Waals surface area contributed by atoms with Crippen LogP contribution in [0.4, 0.5) is 0 Å². The average molecular weight is 177 g/mol. The molecule has 66 valence electrons. The molecule has 2 nitrogen and oxygen atoms in total. The summed E-state index contributed by atoms with van der Waals surface area (Å²) < 4.78 is 10.7. The maximum atomic E-state index is 5.39. The van der Waals surface area contributed by atoms with Crippen molar-refractivity contribution in [1.82, 2.24) is 0 Å². The fourth-order valence-corrected chi connectivity index (χ4v) is 2.33. The number of ether oxygens (including phenoxy) is 1. The smallest absolute Gasteiger partial charge is 0.301 e. The highest BCUT2D eigenvalue weighted by atomic mass is 32.2. The van der Waals surface area contributed by atoms with Gasteiger partial charge in [0.25, 0.3) is 0 Å². The maximum absolute atomic E-state index is 5.39. The predicted molar refractivity (Wildman–Crippen MR) is 48.5 cm³/mol. The molecule has 1 aliphatic heterocycles. The van der Waals surface area contributed by atoms with Crippen molar-refractivity contribution in [3.8, 4) is 0 Å². The van der Waals surface area contributed by atoms with E-state index >= 15 is 0 Å². The summed E-state index contributed by atoms with van der Waals surface area (Å²) in [4.78, 5) is 0. The molecule has 1 heterocycles. The monoisotopic (exact) mass is 177 g/mol. The molecule has 0 N–H and O–H groups in total. The van der Waals surface area contributed by atoms with Gasteiger partial charge in [-0.2, -0.15) is 0 Å². The van der Waals surface area contributed by atoms with Crippen molar-refractivity contribution in [1.29, 1.82) is 0 Å². The molecule has 0 spiro atoms. The van der Waals surface area contributed by atoms with Gasteiger partial charge < -0.3 is 4.74 Å². The molecule has 11 heavy (non-hydrogen) atoms. The largest absolute Gasteiger partial charge is 0.381 e. The third-order valence-corrected chi connectivity index (χ3v) is 3.39. The highest BCUT2D eigenvalue weighted by Crippen LogP contribution is 2.30. The predicted octanol–water partition coefficient (Wildman–Crippen LogP) is 1.71. The number of hydrogen-bond acceptors (Lipinski definition) is 2. The van der Waals surface area contributed by atoms with E-state index in [1.807, 2.05) is 0 Å². The normalized spacial score (nSPS) is 28.9. The van der Waals surface area contributed by atoms with Crippen LogP contribution < -0.4 is 0 Å². The van der Waals surface area contributed by atoms with Crippen molar-refractivity contribution in [2.75, 3.05) is 19.0 Å². The van der Waals surface area contributed by atoms with Crippen molar-refractivity contribution in [3.63, 3.8) is 0 Å². The van der Waals surface area contributed by atoms with E-state index in [-0.39, 0.29) is 0 Å². The van der Waals surface area contributed by atoms with E-state index in [4.69, 9.17) is 8.92 Å². The van der Waals surface area contributed by atoms with Crippen LogP contribution in [0.5, 0.6) is 0 Å². The van der Waals surface area contributed by atoms with E-state index in [0.717, 1.165) is 26.1 Å².